The molecule has 0 bridgehead atoms. The third-order valence-electron chi connectivity index (χ3n) is 13.2. The molecule has 0 aliphatic carbocycles. The highest BCUT2D eigenvalue weighted by molar-refractivity contribution is 7.80. The zero-order chi connectivity index (χ0) is 61.8. The minimum atomic E-state index is -1.17. The van der Waals surface area contributed by atoms with E-state index in [1.165, 1.54) is 4.57 Å². The van der Waals surface area contributed by atoms with Gasteiger partial charge in [-0.2, -0.15) is 0 Å². The fraction of sp³-hybridized carbons (Fsp3) is 0.474. The number of halogens is 1. The molecule has 0 spiro atoms. The number of carboxylic acids is 5. The number of aromatic nitrogens is 1. The Hall–Kier alpha value is -7.63. The molecule has 464 valence electrons. The van der Waals surface area contributed by atoms with E-state index in [1.54, 1.807) is 87.3 Å². The normalized spacial score (nSPS) is 15.1. The number of hydrogen-bond donors (Lipinski definition) is 9. The minimum Gasteiger partial charge on any atom is -0.494 e. The second-order valence-corrected chi connectivity index (χ2v) is 20.5. The molecule has 26 nitrogen and oxygen atoms in total. The van der Waals surface area contributed by atoms with Crippen LogP contribution in [0.3, 0.4) is 0 Å². The molecule has 2 amide bonds. The summed E-state index contributed by atoms with van der Waals surface area (Å²) in [5.74, 6) is -4.51. The van der Waals surface area contributed by atoms with Gasteiger partial charge in [-0.25, -0.2) is 4.79 Å². The van der Waals surface area contributed by atoms with Crippen LogP contribution in [-0.2, 0) is 46.4 Å². The summed E-state index contributed by atoms with van der Waals surface area (Å²) in [7, 11) is 0. The minimum absolute atomic E-state index is 0.0180. The van der Waals surface area contributed by atoms with E-state index in [9.17, 15) is 59.1 Å². The van der Waals surface area contributed by atoms with Gasteiger partial charge in [0.15, 0.2) is 16.5 Å². The number of carboxylic acid groups (broad SMARTS) is 5. The van der Waals surface area contributed by atoms with Gasteiger partial charge in [-0.05, 0) is 86.9 Å². The van der Waals surface area contributed by atoms with Crippen LogP contribution in [-0.4, -0.2) is 222 Å². The zero-order valence-electron chi connectivity index (χ0n) is 47.8. The maximum absolute atomic E-state index is 14.3. The number of urea groups is 1. The standard InChI is InChI=1S/C57H76ClN9O17S/c1-4-82-43-9-6-8-40(29-43)46(30-48(68)69)61-56(79)62-53-54(38(3)31-67(55(53)78)33-44-45(58)10-7-11-47(44)83-5-2)84-27-26-81-25-24-80-23-16-59-57(85)60-41-14-12-39(13-15-41)28-42-32-65(36-51(74)75)20-19-63(34-49(70)71)17-18-64(35-50(72)73)21-22-66(42)37-52(76)77/h6-15,29,31,42,46H,4-5,16-28,30,32-37H2,1-3H3,(H,68,69)(H,70,71)(H,72,73)(H,74,75)(H,76,77)(H2,59,60,85)(H2,61,62,79)/t42?,46-/m0/s1. The number of hydrogen-bond acceptors (Lipinski definition) is 17. The van der Waals surface area contributed by atoms with Gasteiger partial charge in [-0.1, -0.05) is 41.9 Å². The molecule has 28 heteroatoms. The Morgan fingerprint density at radius 2 is 1.29 bits per heavy atom. The molecule has 4 aromatic rings. The summed E-state index contributed by atoms with van der Waals surface area (Å²) in [6.45, 7) is 6.90. The number of rotatable bonds is 32. The summed E-state index contributed by atoms with van der Waals surface area (Å²) < 4.78 is 30.3. The van der Waals surface area contributed by atoms with Gasteiger partial charge in [0.05, 0.1) is 84.8 Å². The van der Waals surface area contributed by atoms with Gasteiger partial charge >= 0.3 is 35.9 Å². The molecule has 1 aliphatic rings. The number of carbonyl (C=O) groups excluding carboxylic acids is 1. The maximum atomic E-state index is 14.3. The highest BCUT2D eigenvalue weighted by Crippen LogP contribution is 2.30. The monoisotopic (exact) mass is 1230 g/mol. The SMILES string of the molecule is CCOc1cccc([C@H](CC(=O)O)NC(=O)Nc2c(OCCOCCOCCNC(=S)Nc3ccc(CC4CN(CC(=O)O)CCN(CC(=O)O)CCN(CC(=O)O)CCN4CC(=O)O)cc3)c(C)cn(Cc3c(Cl)cccc3OCC)c2=O)c1. The summed E-state index contributed by atoms with van der Waals surface area (Å²) in [6.07, 6.45) is 1.41. The van der Waals surface area contributed by atoms with Crippen LogP contribution in [0.2, 0.25) is 5.02 Å². The fourth-order valence-corrected chi connectivity index (χ4v) is 9.81. The summed E-state index contributed by atoms with van der Waals surface area (Å²) in [5.41, 5.74) is 2.10. The first-order valence-corrected chi connectivity index (χ1v) is 28.4. The van der Waals surface area contributed by atoms with Crippen molar-refractivity contribution in [2.24, 2.45) is 0 Å². The number of thiocarbonyl (C=S) groups is 1. The second kappa shape index (κ2) is 35.6. The van der Waals surface area contributed by atoms with Crippen molar-refractivity contribution in [3.63, 3.8) is 0 Å². The van der Waals surface area contributed by atoms with Crippen LogP contribution in [0.5, 0.6) is 17.2 Å². The van der Waals surface area contributed by atoms with Crippen molar-refractivity contribution in [1.29, 1.82) is 0 Å². The Morgan fingerprint density at radius 3 is 1.93 bits per heavy atom. The fourth-order valence-electron chi connectivity index (χ4n) is 9.37. The number of pyridine rings is 1. The molecular formula is C57H76ClN9O17S. The summed E-state index contributed by atoms with van der Waals surface area (Å²) >= 11 is 12.1. The number of ether oxygens (including phenoxy) is 5. The van der Waals surface area contributed by atoms with Crippen molar-refractivity contribution in [2.45, 2.75) is 52.2 Å². The predicted molar refractivity (Wildman–Crippen MR) is 319 cm³/mol. The number of carbonyl (C=O) groups is 6. The van der Waals surface area contributed by atoms with Crippen molar-refractivity contribution >= 4 is 76.2 Å². The Balaban J connectivity index is 1.14. The van der Waals surface area contributed by atoms with Gasteiger partial charge in [-0.3, -0.25) is 48.4 Å². The van der Waals surface area contributed by atoms with Crippen molar-refractivity contribution in [1.82, 2.24) is 34.8 Å². The number of nitrogens with zero attached hydrogens (tertiary/aromatic N) is 5. The van der Waals surface area contributed by atoms with E-state index in [4.69, 9.17) is 47.5 Å². The third kappa shape index (κ3) is 24.1. The van der Waals surface area contributed by atoms with E-state index in [0.717, 1.165) is 5.56 Å². The summed E-state index contributed by atoms with van der Waals surface area (Å²) in [6, 6.07) is 16.7. The first kappa shape index (κ1) is 68.2. The molecule has 85 heavy (non-hydrogen) atoms. The highest BCUT2D eigenvalue weighted by atomic mass is 35.5. The van der Waals surface area contributed by atoms with Gasteiger partial charge < -0.3 is 75.1 Å². The number of benzene rings is 3. The number of aryl methyl sites for hydroxylation is 1. The van der Waals surface area contributed by atoms with Crippen LogP contribution >= 0.6 is 23.8 Å². The highest BCUT2D eigenvalue weighted by Gasteiger charge is 2.29. The topological polar surface area (TPSA) is 333 Å². The van der Waals surface area contributed by atoms with Gasteiger partial charge in [0.2, 0.25) is 0 Å². The van der Waals surface area contributed by atoms with E-state index >= 15 is 0 Å². The van der Waals surface area contributed by atoms with Crippen LogP contribution in [0.25, 0.3) is 0 Å². The molecule has 1 saturated heterocycles. The van der Waals surface area contributed by atoms with Gasteiger partial charge in [0.1, 0.15) is 18.1 Å². The molecule has 2 heterocycles. The lowest BCUT2D eigenvalue weighted by Gasteiger charge is -2.37. The van der Waals surface area contributed by atoms with Crippen LogP contribution in [0.4, 0.5) is 16.2 Å². The predicted octanol–water partition coefficient (Wildman–Crippen LogP) is 3.86. The van der Waals surface area contributed by atoms with Crippen molar-refractivity contribution in [2.75, 3.05) is 135 Å². The second-order valence-electron chi connectivity index (χ2n) is 19.7. The van der Waals surface area contributed by atoms with Crippen LogP contribution in [0.1, 0.15) is 48.6 Å². The van der Waals surface area contributed by atoms with E-state index in [-0.39, 0.29) is 123 Å². The van der Waals surface area contributed by atoms with Crippen LogP contribution in [0.15, 0.2) is 77.7 Å². The van der Waals surface area contributed by atoms with E-state index in [0.29, 0.717) is 70.2 Å². The smallest absolute Gasteiger partial charge is 0.319 e. The van der Waals surface area contributed by atoms with Gasteiger partial charge in [0.25, 0.3) is 5.56 Å². The molecule has 1 unspecified atom stereocenters. The number of amides is 2. The van der Waals surface area contributed by atoms with Gasteiger partial charge in [-0.15, -0.1) is 0 Å². The molecule has 9 N–H and O–H groups in total. The average Bonchev–Trinajstić information content (AvgIpc) is 2.67. The Kier molecular flexibility index (Phi) is 28.6. The number of anilines is 2. The van der Waals surface area contributed by atoms with Crippen molar-refractivity contribution < 1.29 is 78.0 Å². The quantitative estimate of drug-likeness (QED) is 0.0248. The van der Waals surface area contributed by atoms with E-state index in [2.05, 4.69) is 21.3 Å². The summed E-state index contributed by atoms with van der Waals surface area (Å²) in [5, 5.41) is 60.8. The molecule has 1 aliphatic heterocycles. The lowest BCUT2D eigenvalue weighted by atomic mass is 10.0. The van der Waals surface area contributed by atoms with Crippen molar-refractivity contribution in [3.05, 3.63) is 111 Å². The first-order valence-electron chi connectivity index (χ1n) is 27.6. The van der Waals surface area contributed by atoms with E-state index in [1.807, 2.05) is 26.0 Å². The maximum Gasteiger partial charge on any atom is 0.319 e. The number of nitrogens with one attached hydrogen (secondary N) is 4. The lowest BCUT2D eigenvalue weighted by molar-refractivity contribution is -0.142. The van der Waals surface area contributed by atoms with Gasteiger partial charge in [0, 0.05) is 86.4 Å². The Bertz CT molecular complexity index is 2940. The first-order chi connectivity index (χ1) is 40.7. The molecule has 1 fully saturated rings. The molecule has 3 aromatic carbocycles. The third-order valence-corrected chi connectivity index (χ3v) is 13.8. The Morgan fingerprint density at radius 1 is 0.694 bits per heavy atom. The summed E-state index contributed by atoms with van der Waals surface area (Å²) in [4.78, 5) is 94.1. The lowest BCUT2D eigenvalue weighted by Crippen LogP contribution is -2.53. The van der Waals surface area contributed by atoms with Crippen LogP contribution in [0, 0.1) is 6.92 Å². The van der Waals surface area contributed by atoms with Crippen molar-refractivity contribution in [3.8, 4) is 17.2 Å². The molecular weight excluding hydrogens is 1150 g/mol. The number of aliphatic carboxylic acids is 5. The molecule has 0 radical (unpaired) electrons. The zero-order valence-corrected chi connectivity index (χ0v) is 49.4. The molecule has 2 atom stereocenters. The molecule has 0 saturated carbocycles. The molecule has 5 rings (SSSR count). The average molecular weight is 1230 g/mol. The Labute approximate surface area is 502 Å². The van der Waals surface area contributed by atoms with E-state index < -0.39 is 59.9 Å². The largest absolute Gasteiger partial charge is 0.494 e. The van der Waals surface area contributed by atoms with Crippen LogP contribution < -0.4 is 41.0 Å². The molecule has 1 aromatic heterocycles.